The predicted octanol–water partition coefficient (Wildman–Crippen LogP) is 5.12. The standard InChI is InChI=1S/C24H27N3O3S2/c1-4-5-18-6-13-22(14-7-18)32(29,30)27-20-9-11-21(12-10-20)31-23-15-8-19(16-25-23)24(28)26-17(2)3/h6-17,27H,4-5H2,1-3H3,(H,26,28). The Bertz CT molecular complexity index is 1140. The number of aromatic nitrogens is 1. The minimum absolute atomic E-state index is 0.0629. The van der Waals surface area contributed by atoms with E-state index in [1.54, 1.807) is 42.6 Å². The molecule has 0 aliphatic heterocycles. The van der Waals surface area contributed by atoms with Gasteiger partial charge >= 0.3 is 0 Å². The fraction of sp³-hybridized carbons (Fsp3) is 0.250. The molecule has 0 aliphatic carbocycles. The van der Waals surface area contributed by atoms with Crippen molar-refractivity contribution in [2.24, 2.45) is 0 Å². The molecule has 0 saturated heterocycles. The van der Waals surface area contributed by atoms with Crippen LogP contribution in [0, 0.1) is 0 Å². The Morgan fingerprint density at radius 2 is 1.69 bits per heavy atom. The van der Waals surface area contributed by atoms with Gasteiger partial charge in [0, 0.05) is 22.8 Å². The first-order valence-electron chi connectivity index (χ1n) is 10.4. The summed E-state index contributed by atoms with van der Waals surface area (Å²) in [4.78, 5) is 17.5. The van der Waals surface area contributed by atoms with Crippen LogP contribution in [0.25, 0.3) is 0 Å². The number of sulfonamides is 1. The molecule has 0 unspecified atom stereocenters. The first kappa shape index (κ1) is 23.8. The van der Waals surface area contributed by atoms with Crippen LogP contribution in [0.15, 0.2) is 81.7 Å². The number of nitrogens with one attached hydrogen (secondary N) is 2. The Labute approximate surface area is 193 Å². The van der Waals surface area contributed by atoms with Gasteiger partial charge in [0.15, 0.2) is 0 Å². The Kier molecular flexibility index (Phi) is 7.93. The van der Waals surface area contributed by atoms with E-state index >= 15 is 0 Å². The normalized spacial score (nSPS) is 11.4. The molecule has 0 bridgehead atoms. The van der Waals surface area contributed by atoms with Gasteiger partial charge in [-0.3, -0.25) is 9.52 Å². The number of carbonyl (C=O) groups excluding carboxylic acids is 1. The Balaban J connectivity index is 1.63. The van der Waals surface area contributed by atoms with Crippen LogP contribution < -0.4 is 10.0 Å². The van der Waals surface area contributed by atoms with E-state index in [1.165, 1.54) is 11.8 Å². The van der Waals surface area contributed by atoms with Crippen molar-refractivity contribution in [1.82, 2.24) is 10.3 Å². The van der Waals surface area contributed by atoms with E-state index in [9.17, 15) is 13.2 Å². The minimum atomic E-state index is -3.65. The summed E-state index contributed by atoms with van der Waals surface area (Å²) in [6.45, 7) is 5.90. The van der Waals surface area contributed by atoms with Gasteiger partial charge in [-0.05, 0) is 74.4 Å². The molecule has 6 nitrogen and oxygen atoms in total. The first-order chi connectivity index (χ1) is 15.3. The number of rotatable bonds is 9. The molecule has 0 fully saturated rings. The van der Waals surface area contributed by atoms with Crippen molar-refractivity contribution in [2.45, 2.75) is 54.5 Å². The molecule has 0 radical (unpaired) electrons. The van der Waals surface area contributed by atoms with Gasteiger partial charge in [0.2, 0.25) is 0 Å². The highest BCUT2D eigenvalue weighted by atomic mass is 32.2. The Morgan fingerprint density at radius 1 is 1.00 bits per heavy atom. The first-order valence-corrected chi connectivity index (χ1v) is 12.7. The van der Waals surface area contributed by atoms with Gasteiger partial charge in [-0.25, -0.2) is 13.4 Å². The summed E-state index contributed by atoms with van der Waals surface area (Å²) in [6, 6.07) is 17.6. The lowest BCUT2D eigenvalue weighted by Crippen LogP contribution is -2.30. The van der Waals surface area contributed by atoms with Crippen molar-refractivity contribution in [3.63, 3.8) is 0 Å². The number of pyridine rings is 1. The van der Waals surface area contributed by atoms with Gasteiger partial charge in [-0.1, -0.05) is 37.2 Å². The van der Waals surface area contributed by atoms with Crippen LogP contribution in [-0.2, 0) is 16.4 Å². The van der Waals surface area contributed by atoms with E-state index in [1.807, 2.05) is 38.1 Å². The third-order valence-electron chi connectivity index (χ3n) is 4.52. The maximum atomic E-state index is 12.6. The number of aryl methyl sites for hydroxylation is 1. The van der Waals surface area contributed by atoms with Crippen LogP contribution in [0.5, 0.6) is 0 Å². The van der Waals surface area contributed by atoms with Crippen LogP contribution in [0.4, 0.5) is 5.69 Å². The average Bonchev–Trinajstić information content (AvgIpc) is 2.75. The average molecular weight is 470 g/mol. The quantitative estimate of drug-likeness (QED) is 0.454. The molecule has 0 saturated carbocycles. The third-order valence-corrected chi connectivity index (χ3v) is 6.88. The number of amides is 1. The van der Waals surface area contributed by atoms with E-state index in [0.717, 1.165) is 28.3 Å². The van der Waals surface area contributed by atoms with Crippen molar-refractivity contribution in [1.29, 1.82) is 0 Å². The monoisotopic (exact) mass is 469 g/mol. The molecule has 1 aromatic heterocycles. The van der Waals surface area contributed by atoms with Crippen LogP contribution in [0.3, 0.4) is 0 Å². The van der Waals surface area contributed by atoms with E-state index in [0.29, 0.717) is 11.3 Å². The summed E-state index contributed by atoms with van der Waals surface area (Å²) in [5.41, 5.74) is 2.12. The fourth-order valence-corrected chi connectivity index (χ4v) is 4.78. The van der Waals surface area contributed by atoms with Crippen LogP contribution in [0.2, 0.25) is 0 Å². The zero-order valence-corrected chi connectivity index (χ0v) is 20.0. The topological polar surface area (TPSA) is 88.2 Å². The summed E-state index contributed by atoms with van der Waals surface area (Å²) in [6.07, 6.45) is 3.49. The molecular formula is C24H27N3O3S2. The number of hydrogen-bond donors (Lipinski definition) is 2. The lowest BCUT2D eigenvalue weighted by molar-refractivity contribution is 0.0942. The Hall–Kier alpha value is -2.84. The van der Waals surface area contributed by atoms with Crippen molar-refractivity contribution >= 4 is 33.4 Å². The summed E-state index contributed by atoms with van der Waals surface area (Å²) < 4.78 is 27.9. The van der Waals surface area contributed by atoms with Gasteiger partial charge in [0.05, 0.1) is 10.5 Å². The number of anilines is 1. The van der Waals surface area contributed by atoms with E-state index in [2.05, 4.69) is 21.9 Å². The summed E-state index contributed by atoms with van der Waals surface area (Å²) in [7, 11) is -3.65. The highest BCUT2D eigenvalue weighted by molar-refractivity contribution is 7.99. The highest BCUT2D eigenvalue weighted by Crippen LogP contribution is 2.28. The van der Waals surface area contributed by atoms with E-state index in [4.69, 9.17) is 0 Å². The number of carbonyl (C=O) groups is 1. The van der Waals surface area contributed by atoms with Gasteiger partial charge < -0.3 is 5.32 Å². The molecule has 1 amide bonds. The second kappa shape index (κ2) is 10.7. The zero-order chi connectivity index (χ0) is 23.1. The van der Waals surface area contributed by atoms with Crippen LogP contribution >= 0.6 is 11.8 Å². The highest BCUT2D eigenvalue weighted by Gasteiger charge is 2.14. The van der Waals surface area contributed by atoms with E-state index in [-0.39, 0.29) is 16.8 Å². The molecule has 3 rings (SSSR count). The SMILES string of the molecule is CCCc1ccc(S(=O)(=O)Nc2ccc(Sc3ccc(C(=O)NC(C)C)cn3)cc2)cc1. The molecular weight excluding hydrogens is 442 g/mol. The second-order valence-corrected chi connectivity index (χ2v) is 10.4. The Morgan fingerprint density at radius 3 is 2.25 bits per heavy atom. The zero-order valence-electron chi connectivity index (χ0n) is 18.3. The lowest BCUT2D eigenvalue weighted by atomic mass is 10.1. The smallest absolute Gasteiger partial charge is 0.261 e. The lowest BCUT2D eigenvalue weighted by Gasteiger charge is -2.10. The summed E-state index contributed by atoms with van der Waals surface area (Å²) in [5.74, 6) is -0.152. The van der Waals surface area contributed by atoms with Gasteiger partial charge in [0.1, 0.15) is 5.03 Å². The van der Waals surface area contributed by atoms with Crippen molar-refractivity contribution in [3.05, 3.63) is 78.0 Å². The van der Waals surface area contributed by atoms with E-state index < -0.39 is 10.0 Å². The molecule has 0 atom stereocenters. The summed E-state index contributed by atoms with van der Waals surface area (Å²) >= 11 is 1.43. The number of hydrogen-bond acceptors (Lipinski definition) is 5. The minimum Gasteiger partial charge on any atom is -0.350 e. The predicted molar refractivity (Wildman–Crippen MR) is 129 cm³/mol. The fourth-order valence-electron chi connectivity index (χ4n) is 2.97. The van der Waals surface area contributed by atoms with Crippen molar-refractivity contribution in [2.75, 3.05) is 4.72 Å². The molecule has 32 heavy (non-hydrogen) atoms. The molecule has 0 aliphatic rings. The number of nitrogens with zero attached hydrogens (tertiary/aromatic N) is 1. The van der Waals surface area contributed by atoms with Crippen LogP contribution in [0.1, 0.15) is 43.1 Å². The van der Waals surface area contributed by atoms with Gasteiger partial charge in [-0.2, -0.15) is 0 Å². The van der Waals surface area contributed by atoms with Crippen LogP contribution in [-0.4, -0.2) is 25.4 Å². The summed E-state index contributed by atoms with van der Waals surface area (Å²) in [5, 5.41) is 3.57. The molecule has 0 spiro atoms. The molecule has 8 heteroatoms. The molecule has 2 N–H and O–H groups in total. The number of benzene rings is 2. The molecule has 1 heterocycles. The van der Waals surface area contributed by atoms with Crippen molar-refractivity contribution in [3.8, 4) is 0 Å². The second-order valence-electron chi connectivity index (χ2n) is 7.64. The molecule has 3 aromatic rings. The van der Waals surface area contributed by atoms with Crippen molar-refractivity contribution < 1.29 is 13.2 Å². The molecule has 168 valence electrons. The maximum Gasteiger partial charge on any atom is 0.261 e. The van der Waals surface area contributed by atoms with Gasteiger partial charge in [0.25, 0.3) is 15.9 Å². The molecule has 2 aromatic carbocycles. The maximum absolute atomic E-state index is 12.6. The van der Waals surface area contributed by atoms with Gasteiger partial charge in [-0.15, -0.1) is 0 Å². The third kappa shape index (κ3) is 6.58. The largest absolute Gasteiger partial charge is 0.350 e.